The quantitative estimate of drug-likeness (QED) is 0.829. The number of benzene rings is 1. The predicted octanol–water partition coefficient (Wildman–Crippen LogP) is 2.66. The van der Waals surface area contributed by atoms with Crippen molar-refractivity contribution in [3.63, 3.8) is 0 Å². The first kappa shape index (κ1) is 14.4. The Morgan fingerprint density at radius 3 is 2.84 bits per heavy atom. The van der Waals surface area contributed by atoms with Gasteiger partial charge >= 0.3 is 0 Å². The SMILES string of the molecule is Cc1cccc(OCC(O)CNC2CCCCC2)c1. The number of aryl methyl sites for hydroxylation is 1. The lowest BCUT2D eigenvalue weighted by atomic mass is 9.95. The van der Waals surface area contributed by atoms with Crippen LogP contribution in [0.15, 0.2) is 24.3 Å². The van der Waals surface area contributed by atoms with Crippen LogP contribution in [0.4, 0.5) is 0 Å². The summed E-state index contributed by atoms with van der Waals surface area (Å²) in [6.45, 7) is 3.01. The number of rotatable bonds is 6. The van der Waals surface area contributed by atoms with Crippen LogP contribution in [0.2, 0.25) is 0 Å². The lowest BCUT2D eigenvalue weighted by Gasteiger charge is -2.24. The van der Waals surface area contributed by atoms with E-state index in [0.29, 0.717) is 19.2 Å². The largest absolute Gasteiger partial charge is 0.491 e. The van der Waals surface area contributed by atoms with E-state index in [-0.39, 0.29) is 0 Å². The average Bonchev–Trinajstić information content (AvgIpc) is 2.44. The monoisotopic (exact) mass is 263 g/mol. The fourth-order valence-corrected chi connectivity index (χ4v) is 2.57. The zero-order valence-corrected chi connectivity index (χ0v) is 11.8. The molecule has 1 fully saturated rings. The third-order valence-electron chi connectivity index (χ3n) is 3.68. The molecule has 3 nitrogen and oxygen atoms in total. The van der Waals surface area contributed by atoms with Crippen LogP contribution in [0, 0.1) is 6.92 Å². The van der Waals surface area contributed by atoms with Gasteiger partial charge in [0, 0.05) is 12.6 Å². The highest BCUT2D eigenvalue weighted by atomic mass is 16.5. The fraction of sp³-hybridized carbons (Fsp3) is 0.625. The highest BCUT2D eigenvalue weighted by molar-refractivity contribution is 5.27. The molecule has 0 heterocycles. The highest BCUT2D eigenvalue weighted by Crippen LogP contribution is 2.17. The van der Waals surface area contributed by atoms with E-state index in [2.05, 4.69) is 5.32 Å². The molecule has 19 heavy (non-hydrogen) atoms. The summed E-state index contributed by atoms with van der Waals surface area (Å²) in [6, 6.07) is 8.50. The van der Waals surface area contributed by atoms with Crippen LogP contribution in [0.5, 0.6) is 5.75 Å². The molecule has 1 saturated carbocycles. The van der Waals surface area contributed by atoms with Gasteiger partial charge in [0.05, 0.1) is 0 Å². The summed E-state index contributed by atoms with van der Waals surface area (Å²) >= 11 is 0. The standard InChI is InChI=1S/C16H25NO2/c1-13-6-5-9-16(10-13)19-12-15(18)11-17-14-7-3-2-4-8-14/h5-6,9-10,14-15,17-18H,2-4,7-8,11-12H2,1H3. The Morgan fingerprint density at radius 2 is 2.11 bits per heavy atom. The van der Waals surface area contributed by atoms with E-state index >= 15 is 0 Å². The molecule has 0 aromatic heterocycles. The lowest BCUT2D eigenvalue weighted by Crippen LogP contribution is -2.38. The summed E-state index contributed by atoms with van der Waals surface area (Å²) < 4.78 is 5.60. The number of hydrogen-bond donors (Lipinski definition) is 2. The number of nitrogens with one attached hydrogen (secondary N) is 1. The molecule has 2 rings (SSSR count). The van der Waals surface area contributed by atoms with Gasteiger partial charge in [0.2, 0.25) is 0 Å². The fourth-order valence-electron chi connectivity index (χ4n) is 2.57. The van der Waals surface area contributed by atoms with Crippen molar-refractivity contribution in [1.82, 2.24) is 5.32 Å². The van der Waals surface area contributed by atoms with Gasteiger partial charge in [-0.15, -0.1) is 0 Å². The molecule has 1 aliphatic carbocycles. The zero-order chi connectivity index (χ0) is 13.5. The first-order chi connectivity index (χ1) is 9.24. The third-order valence-corrected chi connectivity index (χ3v) is 3.68. The van der Waals surface area contributed by atoms with Gasteiger partial charge in [0.1, 0.15) is 18.5 Å². The van der Waals surface area contributed by atoms with Crippen LogP contribution < -0.4 is 10.1 Å². The molecule has 0 amide bonds. The summed E-state index contributed by atoms with van der Waals surface area (Å²) in [5.74, 6) is 0.830. The first-order valence-corrected chi connectivity index (χ1v) is 7.35. The summed E-state index contributed by atoms with van der Waals surface area (Å²) in [6.07, 6.45) is 6.03. The third kappa shape index (κ3) is 5.21. The maximum atomic E-state index is 9.92. The summed E-state index contributed by atoms with van der Waals surface area (Å²) in [5.41, 5.74) is 1.17. The average molecular weight is 263 g/mol. The normalized spacial score (nSPS) is 18.2. The van der Waals surface area contributed by atoms with E-state index in [1.54, 1.807) is 0 Å². The molecular weight excluding hydrogens is 238 g/mol. The van der Waals surface area contributed by atoms with E-state index in [1.165, 1.54) is 37.7 Å². The summed E-state index contributed by atoms with van der Waals surface area (Å²) in [7, 11) is 0. The second-order valence-electron chi connectivity index (χ2n) is 5.52. The molecule has 3 heteroatoms. The Bertz CT molecular complexity index is 375. The van der Waals surface area contributed by atoms with Gasteiger partial charge in [-0.1, -0.05) is 31.4 Å². The van der Waals surface area contributed by atoms with Gasteiger partial charge in [-0.3, -0.25) is 0 Å². The number of ether oxygens (including phenoxy) is 1. The molecule has 1 aliphatic rings. The Labute approximate surface area is 116 Å². The van der Waals surface area contributed by atoms with Crippen LogP contribution in [0.1, 0.15) is 37.7 Å². The molecule has 0 saturated heterocycles. The molecule has 1 aromatic carbocycles. The molecule has 106 valence electrons. The molecule has 1 atom stereocenters. The molecule has 0 aliphatic heterocycles. The van der Waals surface area contributed by atoms with E-state index < -0.39 is 6.10 Å². The summed E-state index contributed by atoms with van der Waals surface area (Å²) in [5, 5.41) is 13.4. The van der Waals surface area contributed by atoms with Gasteiger partial charge in [0.25, 0.3) is 0 Å². The van der Waals surface area contributed by atoms with Crippen LogP contribution in [0.25, 0.3) is 0 Å². The van der Waals surface area contributed by atoms with Crippen molar-refractivity contribution in [2.24, 2.45) is 0 Å². The van der Waals surface area contributed by atoms with Crippen molar-refractivity contribution in [2.45, 2.75) is 51.2 Å². The molecule has 0 bridgehead atoms. The molecule has 0 radical (unpaired) electrons. The molecular formula is C16H25NO2. The Morgan fingerprint density at radius 1 is 1.32 bits per heavy atom. The number of aliphatic hydroxyl groups is 1. The lowest BCUT2D eigenvalue weighted by molar-refractivity contribution is 0.102. The minimum atomic E-state index is -0.442. The number of aliphatic hydroxyl groups excluding tert-OH is 1. The second kappa shape index (κ2) is 7.51. The van der Waals surface area contributed by atoms with Crippen LogP contribution in [-0.4, -0.2) is 30.4 Å². The van der Waals surface area contributed by atoms with Crippen LogP contribution in [-0.2, 0) is 0 Å². The molecule has 1 aromatic rings. The van der Waals surface area contributed by atoms with Gasteiger partial charge in [-0.25, -0.2) is 0 Å². The maximum absolute atomic E-state index is 9.92. The van der Waals surface area contributed by atoms with E-state index in [4.69, 9.17) is 4.74 Å². The van der Waals surface area contributed by atoms with E-state index in [0.717, 1.165) is 5.75 Å². The number of hydrogen-bond acceptors (Lipinski definition) is 3. The predicted molar refractivity (Wildman–Crippen MR) is 77.6 cm³/mol. The minimum Gasteiger partial charge on any atom is -0.491 e. The van der Waals surface area contributed by atoms with Gasteiger partial charge < -0.3 is 15.2 Å². The second-order valence-corrected chi connectivity index (χ2v) is 5.52. The van der Waals surface area contributed by atoms with Crippen LogP contribution in [0.3, 0.4) is 0 Å². The summed E-state index contributed by atoms with van der Waals surface area (Å²) in [4.78, 5) is 0. The van der Waals surface area contributed by atoms with E-state index in [9.17, 15) is 5.11 Å². The van der Waals surface area contributed by atoms with Crippen LogP contribution >= 0.6 is 0 Å². The topological polar surface area (TPSA) is 41.5 Å². The van der Waals surface area contributed by atoms with Crippen molar-refractivity contribution in [3.05, 3.63) is 29.8 Å². The Balaban J connectivity index is 1.65. The van der Waals surface area contributed by atoms with Gasteiger partial charge in [-0.05, 0) is 37.5 Å². The van der Waals surface area contributed by atoms with Gasteiger partial charge in [-0.2, -0.15) is 0 Å². The minimum absolute atomic E-state index is 0.350. The van der Waals surface area contributed by atoms with Gasteiger partial charge in [0.15, 0.2) is 0 Å². The smallest absolute Gasteiger partial charge is 0.119 e. The van der Waals surface area contributed by atoms with Crippen molar-refractivity contribution >= 4 is 0 Å². The molecule has 2 N–H and O–H groups in total. The Hall–Kier alpha value is -1.06. The maximum Gasteiger partial charge on any atom is 0.119 e. The molecule has 0 spiro atoms. The first-order valence-electron chi connectivity index (χ1n) is 7.35. The van der Waals surface area contributed by atoms with Crippen molar-refractivity contribution < 1.29 is 9.84 Å². The molecule has 1 unspecified atom stereocenters. The van der Waals surface area contributed by atoms with Crippen molar-refractivity contribution in [2.75, 3.05) is 13.2 Å². The van der Waals surface area contributed by atoms with E-state index in [1.807, 2.05) is 31.2 Å². The van der Waals surface area contributed by atoms with Crippen molar-refractivity contribution in [1.29, 1.82) is 0 Å². The highest BCUT2D eigenvalue weighted by Gasteiger charge is 2.14. The van der Waals surface area contributed by atoms with Crippen molar-refractivity contribution in [3.8, 4) is 5.75 Å². The zero-order valence-electron chi connectivity index (χ0n) is 11.8. The Kier molecular flexibility index (Phi) is 5.67.